The number of carbonyl (C=O) groups excluding carboxylic acids is 2. The van der Waals surface area contributed by atoms with Crippen molar-refractivity contribution in [3.63, 3.8) is 0 Å². The van der Waals surface area contributed by atoms with Crippen LogP contribution in [0.1, 0.15) is 13.3 Å². The molecule has 0 saturated heterocycles. The van der Waals surface area contributed by atoms with Gasteiger partial charge in [0.2, 0.25) is 0 Å². The van der Waals surface area contributed by atoms with Crippen LogP contribution in [0.4, 0.5) is 4.79 Å². The molecule has 0 spiro atoms. The molecule has 0 atom stereocenters. The second kappa shape index (κ2) is 8.73. The minimum atomic E-state index is -1.34. The van der Waals surface area contributed by atoms with Gasteiger partial charge in [-0.1, -0.05) is 6.92 Å². The fraction of sp³-hybridized carbons (Fsp3) is 0.636. The number of rotatable bonds is 8. The van der Waals surface area contributed by atoms with E-state index in [0.29, 0.717) is 11.3 Å². The quantitative estimate of drug-likeness (QED) is 0.575. The number of aliphatic carboxylic acids is 2. The predicted molar refractivity (Wildman–Crippen MR) is 66.1 cm³/mol. The molecule has 0 aliphatic heterocycles. The monoisotopic (exact) mass is 290 g/mol. The van der Waals surface area contributed by atoms with Crippen LogP contribution in [0.2, 0.25) is 0 Å². The van der Waals surface area contributed by atoms with Crippen LogP contribution in [-0.4, -0.2) is 77.2 Å². The van der Waals surface area contributed by atoms with Gasteiger partial charge in [0.05, 0.1) is 7.11 Å². The number of carboxylic acids is 2. The van der Waals surface area contributed by atoms with Gasteiger partial charge in [-0.3, -0.25) is 14.4 Å². The summed E-state index contributed by atoms with van der Waals surface area (Å²) in [6.07, 6.45) is 0.525. The molecule has 2 N–H and O–H groups in total. The molecule has 20 heavy (non-hydrogen) atoms. The third-order valence-electron chi connectivity index (χ3n) is 2.23. The van der Waals surface area contributed by atoms with Gasteiger partial charge in [-0.15, -0.1) is 0 Å². The summed E-state index contributed by atoms with van der Waals surface area (Å²) in [6, 6.07) is -0.831. The molecule has 0 aliphatic carbocycles. The SMILES string of the molecule is CCCN(CC(=O)OC)C(=O)N(CC(=O)O)CC(=O)O. The van der Waals surface area contributed by atoms with E-state index in [1.54, 1.807) is 6.92 Å². The molecule has 0 bridgehead atoms. The van der Waals surface area contributed by atoms with Gasteiger partial charge in [0.15, 0.2) is 0 Å². The molecule has 0 fully saturated rings. The van der Waals surface area contributed by atoms with Crippen molar-refractivity contribution in [1.29, 1.82) is 0 Å². The smallest absolute Gasteiger partial charge is 0.325 e. The molecule has 0 rings (SSSR count). The third kappa shape index (κ3) is 6.57. The van der Waals surface area contributed by atoms with E-state index in [4.69, 9.17) is 10.2 Å². The van der Waals surface area contributed by atoms with Crippen molar-refractivity contribution in [2.45, 2.75) is 13.3 Å². The van der Waals surface area contributed by atoms with Gasteiger partial charge in [0, 0.05) is 6.54 Å². The zero-order valence-corrected chi connectivity index (χ0v) is 11.4. The molecule has 0 aromatic carbocycles. The molecular weight excluding hydrogens is 272 g/mol. The number of esters is 1. The van der Waals surface area contributed by atoms with Crippen LogP contribution in [0.3, 0.4) is 0 Å². The highest BCUT2D eigenvalue weighted by Crippen LogP contribution is 2.02. The van der Waals surface area contributed by atoms with Gasteiger partial charge in [-0.05, 0) is 6.42 Å². The van der Waals surface area contributed by atoms with E-state index in [2.05, 4.69) is 4.74 Å². The summed E-state index contributed by atoms with van der Waals surface area (Å²) >= 11 is 0. The Hall–Kier alpha value is -2.32. The first-order chi connectivity index (χ1) is 9.31. The minimum Gasteiger partial charge on any atom is -0.480 e. The highest BCUT2D eigenvalue weighted by Gasteiger charge is 2.26. The van der Waals surface area contributed by atoms with Gasteiger partial charge in [0.25, 0.3) is 0 Å². The molecule has 0 aromatic rings. The Morgan fingerprint density at radius 3 is 1.80 bits per heavy atom. The van der Waals surface area contributed by atoms with E-state index in [1.165, 1.54) is 0 Å². The molecule has 0 aromatic heterocycles. The minimum absolute atomic E-state index is 0.184. The normalized spacial score (nSPS) is 9.70. The molecule has 0 heterocycles. The first-order valence-electron chi connectivity index (χ1n) is 5.86. The number of amides is 2. The first-order valence-corrected chi connectivity index (χ1v) is 5.86. The summed E-state index contributed by atoms with van der Waals surface area (Å²) in [7, 11) is 1.16. The average molecular weight is 290 g/mol. The van der Waals surface area contributed by atoms with Crippen LogP contribution in [0, 0.1) is 0 Å². The summed E-state index contributed by atoms with van der Waals surface area (Å²) in [5.74, 6) is -3.35. The molecule has 9 nitrogen and oxygen atoms in total. The second-order valence-corrected chi connectivity index (χ2v) is 3.92. The van der Waals surface area contributed by atoms with E-state index in [1.807, 2.05) is 0 Å². The van der Waals surface area contributed by atoms with Crippen molar-refractivity contribution in [3.05, 3.63) is 0 Å². The maximum atomic E-state index is 12.1. The van der Waals surface area contributed by atoms with Crippen LogP contribution in [0.15, 0.2) is 0 Å². The van der Waals surface area contributed by atoms with E-state index in [-0.39, 0.29) is 13.1 Å². The van der Waals surface area contributed by atoms with Crippen molar-refractivity contribution >= 4 is 23.9 Å². The van der Waals surface area contributed by atoms with E-state index >= 15 is 0 Å². The molecule has 0 saturated carbocycles. The lowest BCUT2D eigenvalue weighted by molar-refractivity contribution is -0.141. The van der Waals surface area contributed by atoms with Crippen molar-refractivity contribution in [3.8, 4) is 0 Å². The van der Waals surface area contributed by atoms with Crippen molar-refractivity contribution in [1.82, 2.24) is 9.80 Å². The maximum absolute atomic E-state index is 12.1. The summed E-state index contributed by atoms with van der Waals surface area (Å²) in [6.45, 7) is 0.0674. The molecule has 114 valence electrons. The molecule has 0 unspecified atom stereocenters. The number of urea groups is 1. The molecule has 0 radical (unpaired) electrons. The number of methoxy groups -OCH3 is 1. The predicted octanol–water partition coefficient (Wildman–Crippen LogP) is -0.537. The number of carbonyl (C=O) groups is 4. The summed E-state index contributed by atoms with van der Waals surface area (Å²) in [5, 5.41) is 17.4. The Bertz CT molecular complexity index is 367. The van der Waals surface area contributed by atoms with Gasteiger partial charge in [0.1, 0.15) is 19.6 Å². The van der Waals surface area contributed by atoms with Gasteiger partial charge in [-0.25, -0.2) is 4.79 Å². The van der Waals surface area contributed by atoms with Crippen LogP contribution >= 0.6 is 0 Å². The Morgan fingerprint density at radius 2 is 1.45 bits per heavy atom. The summed E-state index contributed by atoms with van der Waals surface area (Å²) < 4.78 is 4.44. The average Bonchev–Trinajstić information content (AvgIpc) is 2.35. The largest absolute Gasteiger partial charge is 0.480 e. The van der Waals surface area contributed by atoms with Crippen LogP contribution < -0.4 is 0 Å². The van der Waals surface area contributed by atoms with Crippen molar-refractivity contribution in [2.75, 3.05) is 33.3 Å². The van der Waals surface area contributed by atoms with Crippen molar-refractivity contribution in [2.24, 2.45) is 0 Å². The van der Waals surface area contributed by atoms with E-state index in [0.717, 1.165) is 12.0 Å². The standard InChI is InChI=1S/C11H18N2O7/c1-3-4-12(7-10(18)20-2)11(19)13(5-8(14)15)6-9(16)17/h3-7H2,1-2H3,(H,14,15)(H,16,17). The second-order valence-electron chi connectivity index (χ2n) is 3.92. The van der Waals surface area contributed by atoms with Gasteiger partial charge < -0.3 is 24.7 Å². The zero-order chi connectivity index (χ0) is 15.7. The summed E-state index contributed by atoms with van der Waals surface area (Å²) in [5.41, 5.74) is 0. The number of nitrogens with zero attached hydrogens (tertiary/aromatic N) is 2. The number of hydrogen-bond donors (Lipinski definition) is 2. The van der Waals surface area contributed by atoms with Gasteiger partial charge >= 0.3 is 23.9 Å². The first kappa shape index (κ1) is 17.7. The Labute approximate surface area is 115 Å². The Balaban J connectivity index is 4.97. The molecule has 9 heteroatoms. The highest BCUT2D eigenvalue weighted by atomic mass is 16.5. The molecule has 2 amide bonds. The Kier molecular flexibility index (Phi) is 7.71. The summed E-state index contributed by atoms with van der Waals surface area (Å²) in [4.78, 5) is 46.3. The topological polar surface area (TPSA) is 124 Å². The van der Waals surface area contributed by atoms with Crippen molar-refractivity contribution < 1.29 is 34.1 Å². The maximum Gasteiger partial charge on any atom is 0.325 e. The van der Waals surface area contributed by atoms with E-state index < -0.39 is 37.0 Å². The van der Waals surface area contributed by atoms with Gasteiger partial charge in [-0.2, -0.15) is 0 Å². The number of carboxylic acid groups (broad SMARTS) is 2. The fourth-order valence-electron chi connectivity index (χ4n) is 1.45. The number of hydrogen-bond acceptors (Lipinski definition) is 5. The zero-order valence-electron chi connectivity index (χ0n) is 11.4. The van der Waals surface area contributed by atoms with Crippen LogP contribution in [0.5, 0.6) is 0 Å². The van der Waals surface area contributed by atoms with Crippen LogP contribution in [-0.2, 0) is 19.1 Å². The fourth-order valence-corrected chi connectivity index (χ4v) is 1.45. The lowest BCUT2D eigenvalue weighted by Gasteiger charge is -2.27. The van der Waals surface area contributed by atoms with E-state index in [9.17, 15) is 19.2 Å². The number of ether oxygens (including phenoxy) is 1. The Morgan fingerprint density at radius 1 is 0.950 bits per heavy atom. The van der Waals surface area contributed by atoms with Crippen LogP contribution in [0.25, 0.3) is 0 Å². The lowest BCUT2D eigenvalue weighted by atomic mass is 10.4. The lowest BCUT2D eigenvalue weighted by Crippen LogP contribution is -2.49. The molecule has 0 aliphatic rings. The highest BCUT2D eigenvalue weighted by molar-refractivity contribution is 5.86. The third-order valence-corrected chi connectivity index (χ3v) is 2.23. The molecular formula is C11H18N2O7.